The number of rotatable bonds is 8. The Kier molecular flexibility index (Phi) is 8.67. The topological polar surface area (TPSA) is 55.8 Å². The normalized spacial score (nSPS) is 14.6. The van der Waals surface area contributed by atoms with Gasteiger partial charge in [-0.25, -0.2) is 0 Å². The zero-order valence-electron chi connectivity index (χ0n) is 19.5. The zero-order valence-corrected chi connectivity index (χ0v) is 23.4. The molecule has 3 aromatic rings. The summed E-state index contributed by atoms with van der Waals surface area (Å²) in [4.78, 5) is 27.1. The standard InChI is InChI=1S/C27H22BrCl2NO4S/c1-3-34-23-11-18(10-21(28)25(23)35-15-17-6-4-5-16(2)9-17)12-24-26(32)31(27(33)36-24)14-19-7-8-20(29)13-22(19)30/h4-13H,3,14-15H2,1-2H3/b24-12-. The van der Waals surface area contributed by atoms with Crippen LogP contribution >= 0.6 is 50.9 Å². The fourth-order valence-electron chi connectivity index (χ4n) is 3.64. The van der Waals surface area contributed by atoms with Crippen LogP contribution < -0.4 is 9.47 Å². The van der Waals surface area contributed by atoms with Crippen LogP contribution in [-0.2, 0) is 17.9 Å². The molecule has 0 unspecified atom stereocenters. The van der Waals surface area contributed by atoms with Crippen LogP contribution in [0.4, 0.5) is 4.79 Å². The third-order valence-electron chi connectivity index (χ3n) is 5.31. The third-order valence-corrected chi connectivity index (χ3v) is 7.40. The highest BCUT2D eigenvalue weighted by Crippen LogP contribution is 2.40. The van der Waals surface area contributed by atoms with Crippen LogP contribution in [0.3, 0.4) is 0 Å². The first-order chi connectivity index (χ1) is 17.2. The van der Waals surface area contributed by atoms with Gasteiger partial charge in [-0.1, -0.05) is 59.1 Å². The molecule has 36 heavy (non-hydrogen) atoms. The molecule has 5 nitrogen and oxygen atoms in total. The number of hydrogen-bond acceptors (Lipinski definition) is 5. The van der Waals surface area contributed by atoms with Crippen LogP contribution in [0, 0.1) is 6.92 Å². The number of imide groups is 1. The highest BCUT2D eigenvalue weighted by Gasteiger charge is 2.35. The first-order valence-corrected chi connectivity index (χ1v) is 13.5. The molecule has 186 valence electrons. The molecule has 1 saturated heterocycles. The van der Waals surface area contributed by atoms with Gasteiger partial charge in [0.15, 0.2) is 11.5 Å². The molecule has 3 aromatic carbocycles. The maximum absolute atomic E-state index is 13.0. The number of thioether (sulfide) groups is 1. The largest absolute Gasteiger partial charge is 0.490 e. The second-order valence-electron chi connectivity index (χ2n) is 8.04. The van der Waals surface area contributed by atoms with Gasteiger partial charge in [0.2, 0.25) is 0 Å². The number of halogens is 3. The van der Waals surface area contributed by atoms with Crippen molar-refractivity contribution >= 4 is 68.1 Å². The Bertz CT molecular complexity index is 1360. The van der Waals surface area contributed by atoms with Crippen LogP contribution in [0.2, 0.25) is 10.0 Å². The first-order valence-electron chi connectivity index (χ1n) is 11.1. The Morgan fingerprint density at radius 3 is 2.58 bits per heavy atom. The van der Waals surface area contributed by atoms with Crippen molar-refractivity contribution in [2.45, 2.75) is 27.0 Å². The molecule has 4 rings (SSSR count). The number of aryl methyl sites for hydroxylation is 1. The molecule has 0 saturated carbocycles. The van der Waals surface area contributed by atoms with E-state index in [4.69, 9.17) is 32.7 Å². The second-order valence-corrected chi connectivity index (χ2v) is 10.7. The summed E-state index contributed by atoms with van der Waals surface area (Å²) in [5, 5.41) is 0.524. The fraction of sp³-hybridized carbons (Fsp3) is 0.185. The van der Waals surface area contributed by atoms with Gasteiger partial charge in [-0.3, -0.25) is 14.5 Å². The molecule has 0 radical (unpaired) electrons. The van der Waals surface area contributed by atoms with Crippen molar-refractivity contribution in [1.29, 1.82) is 0 Å². The van der Waals surface area contributed by atoms with Gasteiger partial charge in [-0.05, 0) is 88.6 Å². The molecule has 1 aliphatic heterocycles. The van der Waals surface area contributed by atoms with E-state index in [0.717, 1.165) is 22.9 Å². The summed E-state index contributed by atoms with van der Waals surface area (Å²) in [6.07, 6.45) is 1.67. The lowest BCUT2D eigenvalue weighted by atomic mass is 10.1. The Morgan fingerprint density at radius 1 is 1.06 bits per heavy atom. The summed E-state index contributed by atoms with van der Waals surface area (Å²) in [5.74, 6) is 0.726. The molecule has 0 N–H and O–H groups in total. The molecule has 9 heteroatoms. The number of carbonyl (C=O) groups is 2. The Balaban J connectivity index is 1.56. The minimum Gasteiger partial charge on any atom is -0.490 e. The maximum Gasteiger partial charge on any atom is 0.293 e. The first kappa shape index (κ1) is 26.6. The summed E-state index contributed by atoms with van der Waals surface area (Å²) in [6, 6.07) is 16.7. The molecule has 1 heterocycles. The van der Waals surface area contributed by atoms with E-state index in [1.165, 1.54) is 4.90 Å². The average Bonchev–Trinajstić information content (AvgIpc) is 3.07. The van der Waals surface area contributed by atoms with E-state index in [2.05, 4.69) is 22.0 Å². The van der Waals surface area contributed by atoms with Crippen molar-refractivity contribution in [3.63, 3.8) is 0 Å². The summed E-state index contributed by atoms with van der Waals surface area (Å²) in [7, 11) is 0. The molecule has 2 amide bonds. The summed E-state index contributed by atoms with van der Waals surface area (Å²) >= 11 is 16.6. The Morgan fingerprint density at radius 2 is 1.86 bits per heavy atom. The molecular formula is C27H22BrCl2NO4S. The monoisotopic (exact) mass is 605 g/mol. The minimum absolute atomic E-state index is 0.0671. The molecule has 1 aliphatic rings. The number of hydrogen-bond donors (Lipinski definition) is 0. The lowest BCUT2D eigenvalue weighted by molar-refractivity contribution is -0.123. The number of amides is 2. The molecular weight excluding hydrogens is 585 g/mol. The van der Waals surface area contributed by atoms with Gasteiger partial charge in [-0.15, -0.1) is 0 Å². The quantitative estimate of drug-likeness (QED) is 0.241. The molecule has 1 fully saturated rings. The van der Waals surface area contributed by atoms with Gasteiger partial charge >= 0.3 is 0 Å². The van der Waals surface area contributed by atoms with Crippen LogP contribution in [-0.4, -0.2) is 22.7 Å². The van der Waals surface area contributed by atoms with E-state index in [1.807, 2.05) is 38.1 Å². The zero-order chi connectivity index (χ0) is 25.8. The molecule has 0 atom stereocenters. The SMILES string of the molecule is CCOc1cc(/C=C2\SC(=O)N(Cc3ccc(Cl)cc3Cl)C2=O)cc(Br)c1OCc1cccc(C)c1. The van der Waals surface area contributed by atoms with Crippen molar-refractivity contribution in [3.8, 4) is 11.5 Å². The van der Waals surface area contributed by atoms with Crippen LogP contribution in [0.15, 0.2) is 64.0 Å². The van der Waals surface area contributed by atoms with E-state index in [-0.39, 0.29) is 17.7 Å². The predicted molar refractivity (Wildman–Crippen MR) is 149 cm³/mol. The van der Waals surface area contributed by atoms with Gasteiger partial charge in [0.05, 0.1) is 22.5 Å². The van der Waals surface area contributed by atoms with Crippen LogP contribution in [0.1, 0.15) is 29.2 Å². The smallest absolute Gasteiger partial charge is 0.293 e. The highest BCUT2D eigenvalue weighted by atomic mass is 79.9. The van der Waals surface area contributed by atoms with Crippen molar-refractivity contribution in [2.24, 2.45) is 0 Å². The van der Waals surface area contributed by atoms with Crippen molar-refractivity contribution in [2.75, 3.05) is 6.61 Å². The van der Waals surface area contributed by atoms with E-state index in [1.54, 1.807) is 30.3 Å². The molecule has 0 bridgehead atoms. The van der Waals surface area contributed by atoms with E-state index in [0.29, 0.717) is 55.3 Å². The number of ether oxygens (including phenoxy) is 2. The Labute approximate surface area is 232 Å². The summed E-state index contributed by atoms with van der Waals surface area (Å²) < 4.78 is 12.6. The number of benzene rings is 3. The highest BCUT2D eigenvalue weighted by molar-refractivity contribution is 9.10. The lowest BCUT2D eigenvalue weighted by Crippen LogP contribution is -2.27. The van der Waals surface area contributed by atoms with Gasteiger partial charge in [0.25, 0.3) is 11.1 Å². The Hall–Kier alpha value is -2.45. The van der Waals surface area contributed by atoms with E-state index in [9.17, 15) is 9.59 Å². The number of nitrogens with zero attached hydrogens (tertiary/aromatic N) is 1. The second kappa shape index (κ2) is 11.7. The maximum atomic E-state index is 13.0. The van der Waals surface area contributed by atoms with Gasteiger partial charge < -0.3 is 9.47 Å². The van der Waals surface area contributed by atoms with Crippen molar-refractivity contribution < 1.29 is 19.1 Å². The van der Waals surface area contributed by atoms with Gasteiger partial charge in [0.1, 0.15) is 6.61 Å². The van der Waals surface area contributed by atoms with Gasteiger partial charge in [-0.2, -0.15) is 0 Å². The molecule has 0 aliphatic carbocycles. The van der Waals surface area contributed by atoms with E-state index < -0.39 is 0 Å². The summed E-state index contributed by atoms with van der Waals surface area (Å²) in [5.41, 5.74) is 3.54. The minimum atomic E-state index is -0.384. The van der Waals surface area contributed by atoms with Crippen molar-refractivity contribution in [1.82, 2.24) is 4.90 Å². The molecule has 0 aromatic heterocycles. The van der Waals surface area contributed by atoms with Gasteiger partial charge in [0, 0.05) is 10.0 Å². The lowest BCUT2D eigenvalue weighted by Gasteiger charge is -2.15. The predicted octanol–water partition coefficient (Wildman–Crippen LogP) is 8.28. The fourth-order valence-corrected chi connectivity index (χ4v) is 5.52. The molecule has 0 spiro atoms. The van der Waals surface area contributed by atoms with E-state index >= 15 is 0 Å². The summed E-state index contributed by atoms with van der Waals surface area (Å²) in [6.45, 7) is 4.81. The van der Waals surface area contributed by atoms with Crippen LogP contribution in [0.5, 0.6) is 11.5 Å². The van der Waals surface area contributed by atoms with Crippen molar-refractivity contribution in [3.05, 3.63) is 96.3 Å². The van der Waals surface area contributed by atoms with Crippen LogP contribution in [0.25, 0.3) is 6.08 Å². The number of carbonyl (C=O) groups excluding carboxylic acids is 2. The average molecular weight is 607 g/mol. The third kappa shape index (κ3) is 6.27.